The molecule has 0 amide bonds. The molecule has 0 spiro atoms. The fourth-order valence-electron chi connectivity index (χ4n) is 1.99. The van der Waals surface area contributed by atoms with Gasteiger partial charge in [0, 0.05) is 6.54 Å². The third kappa shape index (κ3) is 5.08. The van der Waals surface area contributed by atoms with Crippen molar-refractivity contribution >= 4 is 0 Å². The van der Waals surface area contributed by atoms with E-state index < -0.39 is 6.36 Å². The Kier molecular flexibility index (Phi) is 4.66. The number of hydrogen-bond donors (Lipinski definition) is 1. The van der Waals surface area contributed by atoms with Crippen molar-refractivity contribution < 1.29 is 22.6 Å². The molecule has 3 nitrogen and oxygen atoms in total. The number of hydrogen-bond acceptors (Lipinski definition) is 3. The first-order chi connectivity index (χ1) is 9.03. The monoisotopic (exact) mass is 275 g/mol. The number of rotatable bonds is 5. The molecular formula is C13H16F3NO2. The molecule has 6 heteroatoms. The molecule has 1 saturated heterocycles. The molecule has 1 atom stereocenters. The first kappa shape index (κ1) is 14.1. The Bertz CT molecular complexity index is 386. The molecule has 19 heavy (non-hydrogen) atoms. The summed E-state index contributed by atoms with van der Waals surface area (Å²) in [5.74, 6) is 0.323. The van der Waals surface area contributed by atoms with Crippen LogP contribution >= 0.6 is 0 Å². The second kappa shape index (κ2) is 6.25. The van der Waals surface area contributed by atoms with Gasteiger partial charge < -0.3 is 14.8 Å². The molecule has 1 aromatic carbocycles. The predicted molar refractivity (Wildman–Crippen MR) is 63.8 cm³/mol. The van der Waals surface area contributed by atoms with Gasteiger partial charge in [-0.2, -0.15) is 0 Å². The summed E-state index contributed by atoms with van der Waals surface area (Å²) in [5, 5.41) is 3.25. The standard InChI is InChI=1S/C13H16F3NO2/c14-13(15,16)19-12-3-1-10(2-4-12)8-18-9-11-5-6-17-7-11/h1-4,11,17H,5-9H2/t11-/m1/s1. The summed E-state index contributed by atoms with van der Waals surface area (Å²) in [6.45, 7) is 3.08. The second-order valence-electron chi connectivity index (χ2n) is 4.57. The second-order valence-corrected chi connectivity index (χ2v) is 4.57. The van der Waals surface area contributed by atoms with Crippen molar-refractivity contribution in [2.24, 2.45) is 5.92 Å². The van der Waals surface area contributed by atoms with Crippen LogP contribution in [0.5, 0.6) is 5.75 Å². The predicted octanol–water partition coefficient (Wildman–Crippen LogP) is 2.71. The van der Waals surface area contributed by atoms with Crippen LogP contribution < -0.4 is 10.1 Å². The van der Waals surface area contributed by atoms with Crippen molar-refractivity contribution in [1.29, 1.82) is 0 Å². The van der Waals surface area contributed by atoms with E-state index in [0.29, 0.717) is 19.1 Å². The van der Waals surface area contributed by atoms with Crippen LogP contribution in [0.1, 0.15) is 12.0 Å². The molecule has 1 aromatic rings. The Hall–Kier alpha value is -1.27. The van der Waals surface area contributed by atoms with Gasteiger partial charge in [-0.1, -0.05) is 12.1 Å². The summed E-state index contributed by atoms with van der Waals surface area (Å²) in [5.41, 5.74) is 0.834. The van der Waals surface area contributed by atoms with Crippen molar-refractivity contribution in [2.75, 3.05) is 19.7 Å². The van der Waals surface area contributed by atoms with Crippen molar-refractivity contribution in [1.82, 2.24) is 5.32 Å². The quantitative estimate of drug-likeness (QED) is 0.896. The first-order valence-corrected chi connectivity index (χ1v) is 6.16. The lowest BCUT2D eigenvalue weighted by atomic mass is 10.1. The largest absolute Gasteiger partial charge is 0.573 e. The van der Waals surface area contributed by atoms with Gasteiger partial charge in [-0.3, -0.25) is 0 Å². The number of halogens is 3. The smallest absolute Gasteiger partial charge is 0.406 e. The summed E-state index contributed by atoms with van der Waals surface area (Å²) < 4.78 is 45.2. The van der Waals surface area contributed by atoms with E-state index in [-0.39, 0.29) is 5.75 Å². The van der Waals surface area contributed by atoms with Gasteiger partial charge in [-0.05, 0) is 36.6 Å². The Balaban J connectivity index is 1.75. The first-order valence-electron chi connectivity index (χ1n) is 6.16. The van der Waals surface area contributed by atoms with Crippen LogP contribution in [0.2, 0.25) is 0 Å². The van der Waals surface area contributed by atoms with E-state index in [1.54, 1.807) is 12.1 Å². The van der Waals surface area contributed by atoms with E-state index in [0.717, 1.165) is 25.1 Å². The highest BCUT2D eigenvalue weighted by molar-refractivity contribution is 5.27. The number of ether oxygens (including phenoxy) is 2. The van der Waals surface area contributed by atoms with Gasteiger partial charge in [0.1, 0.15) is 5.75 Å². The summed E-state index contributed by atoms with van der Waals surface area (Å²) in [6.07, 6.45) is -3.54. The summed E-state index contributed by atoms with van der Waals surface area (Å²) in [6, 6.07) is 5.74. The van der Waals surface area contributed by atoms with Crippen molar-refractivity contribution in [2.45, 2.75) is 19.4 Å². The highest BCUT2D eigenvalue weighted by atomic mass is 19.4. The van der Waals surface area contributed by atoms with E-state index in [1.807, 2.05) is 0 Å². The van der Waals surface area contributed by atoms with Gasteiger partial charge >= 0.3 is 6.36 Å². The van der Waals surface area contributed by atoms with E-state index in [1.165, 1.54) is 12.1 Å². The maximum atomic E-state index is 12.0. The van der Waals surface area contributed by atoms with Crippen molar-refractivity contribution in [3.63, 3.8) is 0 Å². The van der Waals surface area contributed by atoms with E-state index in [2.05, 4.69) is 10.1 Å². The van der Waals surface area contributed by atoms with E-state index >= 15 is 0 Å². The van der Waals surface area contributed by atoms with Crippen molar-refractivity contribution in [3.8, 4) is 5.75 Å². The molecule has 106 valence electrons. The lowest BCUT2D eigenvalue weighted by Gasteiger charge is -2.11. The van der Waals surface area contributed by atoms with Gasteiger partial charge in [0.25, 0.3) is 0 Å². The van der Waals surface area contributed by atoms with Crippen LogP contribution in [0.3, 0.4) is 0 Å². The minimum absolute atomic E-state index is 0.212. The molecule has 0 saturated carbocycles. The van der Waals surface area contributed by atoms with Gasteiger partial charge in [0.2, 0.25) is 0 Å². The number of benzene rings is 1. The maximum absolute atomic E-state index is 12.0. The normalized spacial score (nSPS) is 19.6. The molecule has 2 rings (SSSR count). The molecule has 1 aliphatic rings. The average Bonchev–Trinajstić information content (AvgIpc) is 2.82. The lowest BCUT2D eigenvalue weighted by Crippen LogP contribution is -2.17. The molecule has 0 unspecified atom stereocenters. The Morgan fingerprint density at radius 1 is 1.21 bits per heavy atom. The van der Waals surface area contributed by atoms with Crippen LogP contribution in [0.25, 0.3) is 0 Å². The van der Waals surface area contributed by atoms with Crippen LogP contribution in [-0.4, -0.2) is 26.1 Å². The fraction of sp³-hybridized carbons (Fsp3) is 0.538. The Morgan fingerprint density at radius 3 is 2.53 bits per heavy atom. The molecule has 1 heterocycles. The van der Waals surface area contributed by atoms with Crippen LogP contribution in [0.15, 0.2) is 24.3 Å². The minimum atomic E-state index is -4.65. The van der Waals surface area contributed by atoms with Gasteiger partial charge in [-0.25, -0.2) is 0 Å². The molecule has 0 radical (unpaired) electrons. The highest BCUT2D eigenvalue weighted by Crippen LogP contribution is 2.23. The average molecular weight is 275 g/mol. The maximum Gasteiger partial charge on any atom is 0.573 e. The third-order valence-corrected chi connectivity index (χ3v) is 2.94. The van der Waals surface area contributed by atoms with Crippen LogP contribution in [0, 0.1) is 5.92 Å². The fourth-order valence-corrected chi connectivity index (χ4v) is 1.99. The van der Waals surface area contributed by atoms with Gasteiger partial charge in [-0.15, -0.1) is 13.2 Å². The van der Waals surface area contributed by atoms with Crippen molar-refractivity contribution in [3.05, 3.63) is 29.8 Å². The van der Waals surface area contributed by atoms with E-state index in [4.69, 9.17) is 4.74 Å². The number of alkyl halides is 3. The topological polar surface area (TPSA) is 30.5 Å². The molecular weight excluding hydrogens is 259 g/mol. The zero-order chi connectivity index (χ0) is 13.7. The van der Waals surface area contributed by atoms with Gasteiger partial charge in [0.15, 0.2) is 0 Å². The summed E-state index contributed by atoms with van der Waals surface area (Å²) >= 11 is 0. The van der Waals surface area contributed by atoms with E-state index in [9.17, 15) is 13.2 Å². The Labute approximate surface area is 109 Å². The summed E-state index contributed by atoms with van der Waals surface area (Å²) in [7, 11) is 0. The molecule has 1 N–H and O–H groups in total. The Morgan fingerprint density at radius 2 is 1.95 bits per heavy atom. The molecule has 1 fully saturated rings. The minimum Gasteiger partial charge on any atom is -0.406 e. The molecule has 0 aromatic heterocycles. The SMILES string of the molecule is FC(F)(F)Oc1ccc(COC[C@@H]2CCNC2)cc1. The zero-order valence-corrected chi connectivity index (χ0v) is 10.4. The zero-order valence-electron chi connectivity index (χ0n) is 10.4. The molecule has 1 aliphatic heterocycles. The number of nitrogens with one attached hydrogen (secondary N) is 1. The lowest BCUT2D eigenvalue weighted by molar-refractivity contribution is -0.274. The summed E-state index contributed by atoms with van der Waals surface area (Å²) in [4.78, 5) is 0. The highest BCUT2D eigenvalue weighted by Gasteiger charge is 2.30. The third-order valence-electron chi connectivity index (χ3n) is 2.94. The molecule has 0 aliphatic carbocycles. The van der Waals surface area contributed by atoms with Crippen LogP contribution in [-0.2, 0) is 11.3 Å². The molecule has 0 bridgehead atoms. The van der Waals surface area contributed by atoms with Gasteiger partial charge in [0.05, 0.1) is 13.2 Å². The van der Waals surface area contributed by atoms with Crippen LogP contribution in [0.4, 0.5) is 13.2 Å².